The third-order valence-corrected chi connectivity index (χ3v) is 10.4. The molecule has 0 saturated carbocycles. The van der Waals surface area contributed by atoms with Gasteiger partial charge in [0.25, 0.3) is 6.57 Å². The second-order valence-corrected chi connectivity index (χ2v) is 16.7. The Kier molecular flexibility index (Phi) is 40.5. The average Bonchev–Trinajstić information content (AvgIpc) is 3.25. The molecule has 62 heavy (non-hydrogen) atoms. The molecule has 25 nitrogen and oxygen atoms in total. The lowest BCUT2D eigenvalue weighted by Gasteiger charge is -2.21. The largest absolute Gasteiger partial charge is 0.379 e. The third-order valence-electron chi connectivity index (χ3n) is 7.83. The number of hydrogen-bond donors (Lipinski definition) is 9. The van der Waals surface area contributed by atoms with Crippen LogP contribution in [-0.2, 0) is 80.7 Å². The maximum absolute atomic E-state index is 13.2. The molecule has 5 amide bonds. The zero-order valence-electron chi connectivity index (χ0n) is 35.8. The van der Waals surface area contributed by atoms with Crippen LogP contribution in [0.15, 0.2) is 0 Å². The van der Waals surface area contributed by atoms with Crippen molar-refractivity contribution < 1.29 is 80.7 Å². The average molecular weight is 939 g/mol. The van der Waals surface area contributed by atoms with Crippen LogP contribution in [0.3, 0.4) is 0 Å². The number of carbonyl (C=O) groups is 5. The summed E-state index contributed by atoms with van der Waals surface area (Å²) in [4.78, 5) is 77.9. The van der Waals surface area contributed by atoms with E-state index in [2.05, 4.69) is 53.3 Å². The second-order valence-electron chi connectivity index (χ2n) is 12.7. The van der Waals surface area contributed by atoms with E-state index >= 15 is 0 Å². The van der Waals surface area contributed by atoms with Crippen LogP contribution in [0.2, 0.25) is 0 Å². The first kappa shape index (κ1) is 59.4. The van der Waals surface area contributed by atoms with Crippen LogP contribution >= 0.6 is 18.8 Å². The van der Waals surface area contributed by atoms with Gasteiger partial charge in [0.2, 0.25) is 29.5 Å². The zero-order valence-corrected chi connectivity index (χ0v) is 37.6. The second kappa shape index (κ2) is 42.3. The summed E-state index contributed by atoms with van der Waals surface area (Å²) >= 11 is 3.96. The predicted octanol–water partition coefficient (Wildman–Crippen LogP) is -2.80. The first-order chi connectivity index (χ1) is 30.0. The molecule has 3 atom stereocenters. The van der Waals surface area contributed by atoms with Gasteiger partial charge in [-0.2, -0.15) is 0 Å². The molecule has 0 heterocycles. The summed E-state index contributed by atoms with van der Waals surface area (Å²) < 4.78 is 54.4. The molecule has 27 heteroatoms. The van der Waals surface area contributed by atoms with Crippen molar-refractivity contribution in [2.45, 2.75) is 51.1 Å². The van der Waals surface area contributed by atoms with Crippen molar-refractivity contribution >= 4 is 48.4 Å². The van der Waals surface area contributed by atoms with E-state index < -0.39 is 42.3 Å². The molecule has 11 N–H and O–H groups in total. The number of ether oxygens (including phenoxy) is 7. The molecule has 0 aromatic rings. The van der Waals surface area contributed by atoms with Gasteiger partial charge in [0.05, 0.1) is 119 Å². The Labute approximate surface area is 368 Å². The van der Waals surface area contributed by atoms with Crippen LogP contribution in [0, 0.1) is 0 Å². The van der Waals surface area contributed by atoms with E-state index in [0.29, 0.717) is 32.6 Å². The Bertz CT molecular complexity index is 1220. The Morgan fingerprint density at radius 1 is 0.468 bits per heavy atom. The maximum atomic E-state index is 13.2. The van der Waals surface area contributed by atoms with Crippen molar-refractivity contribution in [3.05, 3.63) is 0 Å². The van der Waals surface area contributed by atoms with Gasteiger partial charge in [-0.3, -0.25) is 28.5 Å². The van der Waals surface area contributed by atoms with Crippen molar-refractivity contribution in [2.75, 3.05) is 145 Å². The summed E-state index contributed by atoms with van der Waals surface area (Å²) in [5.74, 6) is 12.3. The summed E-state index contributed by atoms with van der Waals surface area (Å²) in [6.07, 6.45) is -0.275. The molecule has 0 aliphatic rings. The maximum Gasteiger partial charge on any atom is 0.254 e. The molecule has 0 radical (unpaired) electrons. The molecule has 0 bridgehead atoms. The number of thiol groups is 1. The predicted molar refractivity (Wildman–Crippen MR) is 225 cm³/mol. The molecule has 364 valence electrons. The lowest BCUT2D eigenvalue weighted by atomic mass is 10.1. The van der Waals surface area contributed by atoms with Crippen molar-refractivity contribution in [1.82, 2.24) is 26.6 Å². The minimum absolute atomic E-state index is 0.0338. The normalized spacial score (nSPS) is 13.2. The fourth-order valence-corrected chi connectivity index (χ4v) is 5.38. The van der Waals surface area contributed by atoms with E-state index in [4.69, 9.17) is 55.4 Å². The number of hydrogen-bond acceptors (Lipinski definition) is 20. The molecular weight excluding hydrogens is 867 g/mol. The van der Waals surface area contributed by atoms with Crippen molar-refractivity contribution in [3.8, 4) is 0 Å². The van der Waals surface area contributed by atoms with E-state index in [1.165, 1.54) is 0 Å². The van der Waals surface area contributed by atoms with E-state index in [1.807, 2.05) is 0 Å². The topological polar surface area (TPSA) is 342 Å². The Morgan fingerprint density at radius 3 is 1.23 bits per heavy atom. The van der Waals surface area contributed by atoms with Crippen LogP contribution in [0.25, 0.3) is 0 Å². The number of carbonyl (C=O) groups excluding carboxylic acids is 5. The molecule has 0 saturated heterocycles. The van der Waals surface area contributed by atoms with Crippen molar-refractivity contribution in [1.29, 1.82) is 0 Å². The van der Waals surface area contributed by atoms with Gasteiger partial charge in [-0.1, -0.05) is 19.2 Å². The number of nitrogens with two attached hydrogens (primary N) is 3. The van der Waals surface area contributed by atoms with E-state index in [0.717, 1.165) is 0 Å². The van der Waals surface area contributed by atoms with Gasteiger partial charge in [0.1, 0.15) is 12.1 Å². The molecule has 0 aromatic heterocycles. The number of amides is 5. The molecule has 0 aliphatic heterocycles. The third kappa shape index (κ3) is 37.9. The highest BCUT2D eigenvalue weighted by Crippen LogP contribution is 2.50. The van der Waals surface area contributed by atoms with Gasteiger partial charge in [0, 0.05) is 45.1 Å². The SMILES string of the molecule is CCP(=O)(S)OCCOCCOCCOCCOCCC(=O)NC(CCC(=O)NC(CCC(=O)NCCOCCON)C(=O)NCCOCCON)C(=O)NCCOCCON. The summed E-state index contributed by atoms with van der Waals surface area (Å²) in [5, 5.41) is 13.2. The molecule has 0 aromatic carbocycles. The van der Waals surface area contributed by atoms with Crippen LogP contribution in [-0.4, -0.2) is 186 Å². The minimum atomic E-state index is -2.83. The van der Waals surface area contributed by atoms with Gasteiger partial charge < -0.3 is 78.8 Å². The fraction of sp³-hybridized carbons (Fsp3) is 0.857. The standard InChI is InChI=1S/C35H71N8O17PS/c1-2-61(49,62)60-28-24-56-20-19-55-18-17-54-16-15-50-11-7-33(46)43-30(35(48)41-10-14-53-23-27-59-38)4-6-32(45)42-29(34(47)40-9-13-52-22-26-58-37)3-5-31(44)39-8-12-51-21-25-57-36/h29-30H,2-28,36-38H2,1H3,(H,39,44)(H,40,47)(H,41,48)(H,42,45)(H,43,46)(H,49,62). The molecule has 0 fully saturated rings. The lowest BCUT2D eigenvalue weighted by Crippen LogP contribution is -2.50. The number of rotatable bonds is 45. The molecule has 0 aliphatic carbocycles. The Hall–Kier alpha value is -2.63. The van der Waals surface area contributed by atoms with Gasteiger partial charge in [-0.25, -0.2) is 17.7 Å². The fourth-order valence-electron chi connectivity index (χ4n) is 4.60. The molecular formula is C35H71N8O17PS. The summed E-state index contributed by atoms with van der Waals surface area (Å²) in [6, 6.07) is -2.23. The van der Waals surface area contributed by atoms with Crippen LogP contribution in [0.4, 0.5) is 0 Å². The van der Waals surface area contributed by atoms with Crippen LogP contribution in [0.1, 0.15) is 39.0 Å². The summed E-state index contributed by atoms with van der Waals surface area (Å²) in [5.41, 5.74) is 0. The first-order valence-electron chi connectivity index (χ1n) is 20.4. The minimum Gasteiger partial charge on any atom is -0.379 e. The van der Waals surface area contributed by atoms with Gasteiger partial charge in [0.15, 0.2) is 0 Å². The Balaban J connectivity index is 4.94. The van der Waals surface area contributed by atoms with Gasteiger partial charge in [-0.15, -0.1) is 0 Å². The van der Waals surface area contributed by atoms with Crippen LogP contribution in [0.5, 0.6) is 0 Å². The molecule has 0 spiro atoms. The van der Waals surface area contributed by atoms with Gasteiger partial charge in [-0.05, 0) is 12.8 Å². The molecule has 0 rings (SSSR count). The Morgan fingerprint density at radius 2 is 0.806 bits per heavy atom. The van der Waals surface area contributed by atoms with E-state index in [-0.39, 0.29) is 150 Å². The lowest BCUT2D eigenvalue weighted by molar-refractivity contribution is -0.131. The van der Waals surface area contributed by atoms with Crippen molar-refractivity contribution in [3.63, 3.8) is 0 Å². The highest BCUT2D eigenvalue weighted by atomic mass is 32.7. The highest BCUT2D eigenvalue weighted by Gasteiger charge is 2.25. The first-order valence-corrected chi connectivity index (χ1v) is 23.3. The van der Waals surface area contributed by atoms with E-state index in [9.17, 15) is 28.5 Å². The van der Waals surface area contributed by atoms with Crippen molar-refractivity contribution in [2.24, 2.45) is 17.7 Å². The van der Waals surface area contributed by atoms with Crippen LogP contribution < -0.4 is 44.3 Å². The monoisotopic (exact) mass is 938 g/mol. The summed E-state index contributed by atoms with van der Waals surface area (Å²) in [6.45, 7) is 3.23. The zero-order chi connectivity index (χ0) is 45.9. The van der Waals surface area contributed by atoms with E-state index in [1.54, 1.807) is 6.92 Å². The molecule has 3 unspecified atom stereocenters. The number of nitrogens with one attached hydrogen (secondary N) is 5. The highest BCUT2D eigenvalue weighted by molar-refractivity contribution is 8.46. The quantitative estimate of drug-likeness (QED) is 0.0129. The smallest absolute Gasteiger partial charge is 0.254 e. The van der Waals surface area contributed by atoms with Gasteiger partial charge >= 0.3 is 0 Å². The summed E-state index contributed by atoms with van der Waals surface area (Å²) in [7, 11) is 0.